The van der Waals surface area contributed by atoms with Crippen molar-refractivity contribution in [3.05, 3.63) is 16.4 Å². The highest BCUT2D eigenvalue weighted by molar-refractivity contribution is 7.98. The van der Waals surface area contributed by atoms with E-state index in [1.54, 1.807) is 4.68 Å². The molecule has 0 bridgehead atoms. The van der Waals surface area contributed by atoms with Crippen molar-refractivity contribution in [2.75, 3.05) is 12.4 Å². The first-order chi connectivity index (χ1) is 7.60. The molecule has 1 rings (SSSR count). The molecule has 0 saturated carbocycles. The molecule has 1 aromatic heterocycles. The number of thioether (sulfide) groups is 1. The Kier molecular flexibility index (Phi) is 5.61. The summed E-state index contributed by atoms with van der Waals surface area (Å²) < 4.78 is 1.78. The van der Waals surface area contributed by atoms with E-state index in [4.69, 9.17) is 16.7 Å². The molecule has 0 aliphatic heterocycles. The minimum atomic E-state index is -0.664. The summed E-state index contributed by atoms with van der Waals surface area (Å²) in [5.74, 6) is 1.19. The third kappa shape index (κ3) is 3.38. The molecule has 1 unspecified atom stereocenters. The van der Waals surface area contributed by atoms with Gasteiger partial charge in [-0.05, 0) is 6.42 Å². The smallest absolute Gasteiger partial charge is 0.0861 e. The predicted molar refractivity (Wildman–Crippen MR) is 66.9 cm³/mol. The molecule has 0 fully saturated rings. The first-order valence-corrected chi connectivity index (χ1v) is 6.70. The topological polar surface area (TPSA) is 58.3 Å². The molecule has 92 valence electrons. The zero-order valence-corrected chi connectivity index (χ0v) is 11.1. The summed E-state index contributed by atoms with van der Waals surface area (Å²) in [6.07, 6.45) is 0.152. The van der Waals surface area contributed by atoms with Gasteiger partial charge in [-0.15, -0.1) is 0 Å². The molecule has 0 spiro atoms. The zero-order chi connectivity index (χ0) is 12.1. The van der Waals surface area contributed by atoms with Gasteiger partial charge in [0.15, 0.2) is 0 Å². The summed E-state index contributed by atoms with van der Waals surface area (Å²) in [5.41, 5.74) is 1.87. The molecule has 16 heavy (non-hydrogen) atoms. The van der Waals surface area contributed by atoms with Crippen LogP contribution in [-0.4, -0.2) is 38.5 Å². The first-order valence-electron chi connectivity index (χ1n) is 5.17. The van der Waals surface area contributed by atoms with E-state index in [9.17, 15) is 5.11 Å². The Morgan fingerprint density at radius 2 is 2.25 bits per heavy atom. The highest BCUT2D eigenvalue weighted by Crippen LogP contribution is 2.24. The summed E-state index contributed by atoms with van der Waals surface area (Å²) in [6.45, 7) is 1.81. The Morgan fingerprint density at radius 1 is 1.56 bits per heavy atom. The van der Waals surface area contributed by atoms with Crippen LogP contribution in [0, 0.1) is 0 Å². The lowest BCUT2D eigenvalue weighted by molar-refractivity contribution is 0.113. The van der Waals surface area contributed by atoms with Crippen molar-refractivity contribution in [2.45, 2.75) is 25.2 Å². The van der Waals surface area contributed by atoms with Gasteiger partial charge in [0.05, 0.1) is 29.1 Å². The summed E-state index contributed by atoms with van der Waals surface area (Å²) in [7, 11) is 1.86. The lowest BCUT2D eigenvalue weighted by atomic mass is 10.3. The second-order valence-electron chi connectivity index (χ2n) is 3.54. The summed E-state index contributed by atoms with van der Waals surface area (Å²) in [5, 5.41) is 22.9. The average Bonchev–Trinajstić information content (AvgIpc) is 2.55. The van der Waals surface area contributed by atoms with Gasteiger partial charge in [-0.1, -0.05) is 18.5 Å². The largest absolute Gasteiger partial charge is 0.394 e. The summed E-state index contributed by atoms with van der Waals surface area (Å²) in [6, 6.07) is 0. The summed E-state index contributed by atoms with van der Waals surface area (Å²) >= 11 is 7.71. The normalized spacial score (nSPS) is 13.1. The van der Waals surface area contributed by atoms with E-state index in [2.05, 4.69) is 5.10 Å². The van der Waals surface area contributed by atoms with E-state index in [0.29, 0.717) is 11.5 Å². The minimum absolute atomic E-state index is 0.202. The molecule has 0 aliphatic rings. The fourth-order valence-electron chi connectivity index (χ4n) is 1.32. The number of aromatic nitrogens is 2. The monoisotopic (exact) mass is 264 g/mol. The molecule has 0 saturated heterocycles. The Bertz CT molecular complexity index is 344. The minimum Gasteiger partial charge on any atom is -0.394 e. The van der Waals surface area contributed by atoms with E-state index in [-0.39, 0.29) is 6.61 Å². The lowest BCUT2D eigenvalue weighted by Gasteiger charge is -2.06. The Balaban J connectivity index is 2.56. The molecule has 6 heteroatoms. The van der Waals surface area contributed by atoms with Crippen molar-refractivity contribution >= 4 is 23.4 Å². The SMILES string of the molecule is CCc1nn(C)c(CSCC(O)CO)c1Cl. The highest BCUT2D eigenvalue weighted by atomic mass is 35.5. The number of aryl methyl sites for hydroxylation is 2. The van der Waals surface area contributed by atoms with Gasteiger partial charge < -0.3 is 10.2 Å². The molecule has 0 amide bonds. The van der Waals surface area contributed by atoms with Crippen LogP contribution in [0.4, 0.5) is 0 Å². The van der Waals surface area contributed by atoms with Gasteiger partial charge in [0.25, 0.3) is 0 Å². The highest BCUT2D eigenvalue weighted by Gasteiger charge is 2.13. The maximum absolute atomic E-state index is 9.20. The zero-order valence-electron chi connectivity index (χ0n) is 9.48. The molecular weight excluding hydrogens is 248 g/mol. The molecule has 0 aliphatic carbocycles. The van der Waals surface area contributed by atoms with Gasteiger partial charge in [-0.3, -0.25) is 4.68 Å². The predicted octanol–water partition coefficient (Wildman–Crippen LogP) is 1.22. The molecule has 1 aromatic rings. The van der Waals surface area contributed by atoms with Gasteiger partial charge in [-0.2, -0.15) is 16.9 Å². The van der Waals surface area contributed by atoms with Gasteiger partial charge in [0, 0.05) is 18.6 Å². The fraction of sp³-hybridized carbons (Fsp3) is 0.700. The number of aliphatic hydroxyl groups excluding tert-OH is 2. The van der Waals surface area contributed by atoms with Crippen LogP contribution in [0.25, 0.3) is 0 Å². The van der Waals surface area contributed by atoms with Crippen molar-refractivity contribution in [3.63, 3.8) is 0 Å². The van der Waals surface area contributed by atoms with Crippen molar-refractivity contribution in [1.82, 2.24) is 9.78 Å². The third-order valence-corrected chi connectivity index (χ3v) is 3.80. The van der Waals surface area contributed by atoms with E-state index in [0.717, 1.165) is 22.8 Å². The molecule has 4 nitrogen and oxygen atoms in total. The van der Waals surface area contributed by atoms with Crippen molar-refractivity contribution < 1.29 is 10.2 Å². The Labute approximate surface area is 105 Å². The number of hydrogen-bond donors (Lipinski definition) is 2. The van der Waals surface area contributed by atoms with Gasteiger partial charge in [0.1, 0.15) is 0 Å². The molecule has 0 aromatic carbocycles. The number of nitrogens with zero attached hydrogens (tertiary/aromatic N) is 2. The van der Waals surface area contributed by atoms with E-state index in [1.807, 2.05) is 14.0 Å². The van der Waals surface area contributed by atoms with E-state index < -0.39 is 6.10 Å². The first kappa shape index (κ1) is 13.8. The number of hydrogen-bond acceptors (Lipinski definition) is 4. The molecular formula is C10H17ClN2O2S. The quantitative estimate of drug-likeness (QED) is 0.811. The standard InChI is InChI=1S/C10H17ClN2O2S/c1-3-8-10(11)9(13(2)12-8)6-16-5-7(15)4-14/h7,14-15H,3-6H2,1-2H3. The third-order valence-electron chi connectivity index (χ3n) is 2.26. The van der Waals surface area contributed by atoms with Gasteiger partial charge >= 0.3 is 0 Å². The van der Waals surface area contributed by atoms with Gasteiger partial charge in [-0.25, -0.2) is 0 Å². The second-order valence-corrected chi connectivity index (χ2v) is 4.94. The van der Waals surface area contributed by atoms with Crippen molar-refractivity contribution in [3.8, 4) is 0 Å². The van der Waals surface area contributed by atoms with Crippen LogP contribution >= 0.6 is 23.4 Å². The van der Waals surface area contributed by atoms with Crippen LogP contribution in [0.15, 0.2) is 0 Å². The van der Waals surface area contributed by atoms with Crippen LogP contribution in [0.3, 0.4) is 0 Å². The number of halogens is 1. The molecule has 2 N–H and O–H groups in total. The van der Waals surface area contributed by atoms with Crippen LogP contribution in [-0.2, 0) is 19.2 Å². The van der Waals surface area contributed by atoms with E-state index in [1.165, 1.54) is 11.8 Å². The Hall–Kier alpha value is -0.230. The maximum atomic E-state index is 9.20. The van der Waals surface area contributed by atoms with Crippen molar-refractivity contribution in [2.24, 2.45) is 7.05 Å². The fourth-order valence-corrected chi connectivity index (χ4v) is 2.78. The summed E-state index contributed by atoms with van der Waals surface area (Å²) in [4.78, 5) is 0. The van der Waals surface area contributed by atoms with Crippen molar-refractivity contribution in [1.29, 1.82) is 0 Å². The number of aliphatic hydroxyl groups is 2. The molecule has 1 atom stereocenters. The number of rotatable bonds is 6. The molecule has 0 radical (unpaired) electrons. The lowest BCUT2D eigenvalue weighted by Crippen LogP contribution is -2.15. The van der Waals surface area contributed by atoms with Crippen LogP contribution in [0.2, 0.25) is 5.02 Å². The molecule has 1 heterocycles. The maximum Gasteiger partial charge on any atom is 0.0861 e. The van der Waals surface area contributed by atoms with E-state index >= 15 is 0 Å². The second kappa shape index (κ2) is 6.49. The van der Waals surface area contributed by atoms with Crippen LogP contribution in [0.1, 0.15) is 18.3 Å². The Morgan fingerprint density at radius 3 is 2.75 bits per heavy atom. The van der Waals surface area contributed by atoms with Crippen LogP contribution in [0.5, 0.6) is 0 Å². The average molecular weight is 265 g/mol. The van der Waals surface area contributed by atoms with Crippen LogP contribution < -0.4 is 0 Å². The van der Waals surface area contributed by atoms with Gasteiger partial charge in [0.2, 0.25) is 0 Å².